The highest BCUT2D eigenvalue weighted by Gasteiger charge is 2.07. The first-order valence-electron chi connectivity index (χ1n) is 11.0. The van der Waals surface area contributed by atoms with Gasteiger partial charge < -0.3 is 25.1 Å². The van der Waals surface area contributed by atoms with Crippen molar-refractivity contribution in [1.82, 2.24) is 15.6 Å². The lowest BCUT2D eigenvalue weighted by molar-refractivity contribution is 0.308. The normalized spacial score (nSPS) is 11.4. The molecule has 0 aliphatic carbocycles. The van der Waals surface area contributed by atoms with Gasteiger partial charge in [0.25, 0.3) is 0 Å². The largest absolute Gasteiger partial charge is 0.494 e. The van der Waals surface area contributed by atoms with Gasteiger partial charge in [0, 0.05) is 22.4 Å². The molecular formula is C24H35N3O2. The van der Waals surface area contributed by atoms with Crippen molar-refractivity contribution in [3.05, 3.63) is 36.4 Å². The van der Waals surface area contributed by atoms with Crippen molar-refractivity contribution in [2.75, 3.05) is 39.4 Å². The molecule has 0 radical (unpaired) electrons. The van der Waals surface area contributed by atoms with E-state index >= 15 is 0 Å². The Hall–Kier alpha value is -2.24. The van der Waals surface area contributed by atoms with E-state index in [-0.39, 0.29) is 0 Å². The SMILES string of the molecule is CCCNCCCOc1ccc2c(c1)[nH]c1ccc(OCCCNCCC)cc12. The van der Waals surface area contributed by atoms with Crippen molar-refractivity contribution >= 4 is 21.8 Å². The third-order valence-corrected chi connectivity index (χ3v) is 4.93. The Kier molecular flexibility index (Phi) is 8.65. The molecule has 3 aromatic rings. The zero-order valence-corrected chi connectivity index (χ0v) is 17.9. The van der Waals surface area contributed by atoms with Gasteiger partial charge in [0.05, 0.1) is 18.7 Å². The van der Waals surface area contributed by atoms with Crippen molar-refractivity contribution < 1.29 is 9.47 Å². The van der Waals surface area contributed by atoms with E-state index in [4.69, 9.17) is 9.47 Å². The number of hydrogen-bond acceptors (Lipinski definition) is 4. The topological polar surface area (TPSA) is 58.3 Å². The van der Waals surface area contributed by atoms with Crippen molar-refractivity contribution in [3.8, 4) is 11.5 Å². The summed E-state index contributed by atoms with van der Waals surface area (Å²) in [6.07, 6.45) is 4.36. The molecule has 0 saturated carbocycles. The smallest absolute Gasteiger partial charge is 0.121 e. The molecule has 5 nitrogen and oxygen atoms in total. The first-order chi connectivity index (χ1) is 14.3. The van der Waals surface area contributed by atoms with E-state index in [1.165, 1.54) is 23.6 Å². The van der Waals surface area contributed by atoms with E-state index in [0.717, 1.165) is 74.8 Å². The fourth-order valence-electron chi connectivity index (χ4n) is 3.42. The summed E-state index contributed by atoms with van der Waals surface area (Å²) < 4.78 is 11.9. The van der Waals surface area contributed by atoms with Crippen LogP contribution in [0.15, 0.2) is 36.4 Å². The first-order valence-corrected chi connectivity index (χ1v) is 11.0. The predicted molar refractivity (Wildman–Crippen MR) is 122 cm³/mol. The van der Waals surface area contributed by atoms with Crippen molar-refractivity contribution in [3.63, 3.8) is 0 Å². The second-order valence-electron chi connectivity index (χ2n) is 7.44. The highest BCUT2D eigenvalue weighted by molar-refractivity contribution is 6.08. The van der Waals surface area contributed by atoms with Crippen molar-refractivity contribution in [1.29, 1.82) is 0 Å². The Bertz CT molecular complexity index is 875. The fraction of sp³-hybridized carbons (Fsp3) is 0.500. The number of rotatable bonds is 14. The highest BCUT2D eigenvalue weighted by Crippen LogP contribution is 2.31. The summed E-state index contributed by atoms with van der Waals surface area (Å²) in [7, 11) is 0. The number of ether oxygens (including phenoxy) is 2. The van der Waals surface area contributed by atoms with E-state index in [0.29, 0.717) is 0 Å². The molecule has 0 atom stereocenters. The summed E-state index contributed by atoms with van der Waals surface area (Å²) in [4.78, 5) is 3.50. The van der Waals surface area contributed by atoms with Crippen LogP contribution in [-0.4, -0.2) is 44.4 Å². The maximum absolute atomic E-state index is 5.95. The Morgan fingerprint density at radius 3 is 1.97 bits per heavy atom. The van der Waals surface area contributed by atoms with Gasteiger partial charge in [-0.25, -0.2) is 0 Å². The monoisotopic (exact) mass is 397 g/mol. The third kappa shape index (κ3) is 6.38. The van der Waals surface area contributed by atoms with E-state index in [1.54, 1.807) is 0 Å². The molecule has 2 aromatic carbocycles. The zero-order valence-electron chi connectivity index (χ0n) is 17.9. The van der Waals surface area contributed by atoms with Crippen LogP contribution in [0.1, 0.15) is 39.5 Å². The van der Waals surface area contributed by atoms with Gasteiger partial charge >= 0.3 is 0 Å². The molecule has 1 aromatic heterocycles. The van der Waals surface area contributed by atoms with E-state index < -0.39 is 0 Å². The Morgan fingerprint density at radius 1 is 0.690 bits per heavy atom. The van der Waals surface area contributed by atoms with Crippen molar-refractivity contribution in [2.24, 2.45) is 0 Å². The van der Waals surface area contributed by atoms with E-state index in [1.807, 2.05) is 6.07 Å². The number of hydrogen-bond donors (Lipinski definition) is 3. The number of fused-ring (bicyclic) bond motifs is 3. The molecule has 0 fully saturated rings. The maximum atomic E-state index is 5.95. The lowest BCUT2D eigenvalue weighted by Gasteiger charge is -2.07. The molecule has 5 heteroatoms. The van der Waals surface area contributed by atoms with Crippen LogP contribution in [0.2, 0.25) is 0 Å². The average Bonchev–Trinajstić information content (AvgIpc) is 3.10. The molecule has 3 rings (SSSR count). The molecule has 0 unspecified atom stereocenters. The van der Waals surface area contributed by atoms with Crippen LogP contribution in [0.25, 0.3) is 21.8 Å². The van der Waals surface area contributed by atoms with Crippen LogP contribution in [0.3, 0.4) is 0 Å². The Morgan fingerprint density at radius 2 is 1.31 bits per heavy atom. The van der Waals surface area contributed by atoms with Crippen LogP contribution in [0.4, 0.5) is 0 Å². The Balaban J connectivity index is 1.56. The quantitative estimate of drug-likeness (QED) is 0.340. The van der Waals surface area contributed by atoms with Crippen LogP contribution >= 0.6 is 0 Å². The molecule has 0 amide bonds. The second kappa shape index (κ2) is 11.7. The number of aromatic nitrogens is 1. The van der Waals surface area contributed by atoms with Crippen LogP contribution in [0, 0.1) is 0 Å². The van der Waals surface area contributed by atoms with Crippen LogP contribution in [-0.2, 0) is 0 Å². The second-order valence-corrected chi connectivity index (χ2v) is 7.44. The van der Waals surface area contributed by atoms with Gasteiger partial charge in [-0.3, -0.25) is 0 Å². The highest BCUT2D eigenvalue weighted by atomic mass is 16.5. The Labute approximate surface area is 174 Å². The minimum atomic E-state index is 0.730. The molecule has 158 valence electrons. The number of aromatic amines is 1. The maximum Gasteiger partial charge on any atom is 0.121 e. The summed E-state index contributed by atoms with van der Waals surface area (Å²) >= 11 is 0. The van der Waals surface area contributed by atoms with Gasteiger partial charge in [-0.05, 0) is 82.2 Å². The van der Waals surface area contributed by atoms with Gasteiger partial charge in [-0.2, -0.15) is 0 Å². The number of nitrogens with one attached hydrogen (secondary N) is 3. The molecule has 0 bridgehead atoms. The molecule has 3 N–H and O–H groups in total. The van der Waals surface area contributed by atoms with E-state index in [9.17, 15) is 0 Å². The molecule has 1 heterocycles. The minimum Gasteiger partial charge on any atom is -0.494 e. The molecule has 0 aliphatic rings. The summed E-state index contributed by atoms with van der Waals surface area (Å²) in [6.45, 7) is 9.97. The minimum absolute atomic E-state index is 0.730. The molecule has 0 spiro atoms. The van der Waals surface area contributed by atoms with Gasteiger partial charge in [-0.1, -0.05) is 13.8 Å². The van der Waals surface area contributed by atoms with Crippen LogP contribution < -0.4 is 20.1 Å². The lowest BCUT2D eigenvalue weighted by atomic mass is 10.1. The summed E-state index contributed by atoms with van der Waals surface area (Å²) in [5.74, 6) is 1.84. The van der Waals surface area contributed by atoms with Gasteiger partial charge in [0.2, 0.25) is 0 Å². The molecule has 0 aliphatic heterocycles. The lowest BCUT2D eigenvalue weighted by Crippen LogP contribution is -2.18. The summed E-state index contributed by atoms with van der Waals surface area (Å²) in [5.41, 5.74) is 2.22. The van der Waals surface area contributed by atoms with Gasteiger partial charge in [-0.15, -0.1) is 0 Å². The average molecular weight is 398 g/mol. The number of H-pyrrole nitrogens is 1. The standard InChI is InChI=1S/C24H35N3O2/c1-3-11-25-13-5-15-28-19-8-10-23-22(17-19)21-9-7-20(18-24(21)27-23)29-16-6-14-26-12-4-2/h7-10,17-18,25-27H,3-6,11-16H2,1-2H3. The predicted octanol–water partition coefficient (Wildman–Crippen LogP) is 4.86. The fourth-order valence-corrected chi connectivity index (χ4v) is 3.42. The van der Waals surface area contributed by atoms with Crippen molar-refractivity contribution in [2.45, 2.75) is 39.5 Å². The summed E-state index contributed by atoms with van der Waals surface area (Å²) in [5, 5.41) is 9.19. The number of benzene rings is 2. The van der Waals surface area contributed by atoms with Gasteiger partial charge in [0.1, 0.15) is 11.5 Å². The van der Waals surface area contributed by atoms with E-state index in [2.05, 4.69) is 59.8 Å². The molecular weight excluding hydrogens is 362 g/mol. The summed E-state index contributed by atoms with van der Waals surface area (Å²) in [6, 6.07) is 12.6. The third-order valence-electron chi connectivity index (χ3n) is 4.93. The molecule has 0 saturated heterocycles. The molecule has 29 heavy (non-hydrogen) atoms. The van der Waals surface area contributed by atoms with Gasteiger partial charge in [0.15, 0.2) is 0 Å². The zero-order chi connectivity index (χ0) is 20.3. The van der Waals surface area contributed by atoms with Crippen LogP contribution in [0.5, 0.6) is 11.5 Å². The first kappa shape index (κ1) is 21.5.